The molecule has 1 aromatic carbocycles. The van der Waals surface area contributed by atoms with Gasteiger partial charge in [0, 0.05) is 26.1 Å². The Bertz CT molecular complexity index is 519. The van der Waals surface area contributed by atoms with Crippen LogP contribution in [0.2, 0.25) is 0 Å². The van der Waals surface area contributed by atoms with Crippen LogP contribution in [0.25, 0.3) is 0 Å². The van der Waals surface area contributed by atoms with Gasteiger partial charge in [-0.3, -0.25) is 19.7 Å². The van der Waals surface area contributed by atoms with E-state index >= 15 is 0 Å². The molecule has 0 bridgehead atoms. The Morgan fingerprint density at radius 1 is 1.42 bits per heavy atom. The maximum Gasteiger partial charge on any atom is 0.282 e. The van der Waals surface area contributed by atoms with Gasteiger partial charge in [-0.15, -0.1) is 0 Å². The van der Waals surface area contributed by atoms with Crippen molar-refractivity contribution >= 4 is 17.5 Å². The molecule has 0 aliphatic carbocycles. The van der Waals surface area contributed by atoms with Gasteiger partial charge in [-0.2, -0.15) is 0 Å². The maximum atomic E-state index is 13.0. The summed E-state index contributed by atoms with van der Waals surface area (Å²) in [5.41, 5.74) is -0.860. The second kappa shape index (κ2) is 6.43. The van der Waals surface area contributed by atoms with E-state index in [0.717, 1.165) is 18.2 Å². The van der Waals surface area contributed by atoms with E-state index in [1.165, 1.54) is 7.05 Å². The minimum Gasteiger partial charge on any atom is -0.359 e. The van der Waals surface area contributed by atoms with Gasteiger partial charge in [0.2, 0.25) is 5.91 Å². The van der Waals surface area contributed by atoms with Crippen molar-refractivity contribution in [2.75, 3.05) is 13.6 Å². The summed E-state index contributed by atoms with van der Waals surface area (Å²) >= 11 is 0. The molecule has 2 amide bonds. The Balaban J connectivity index is 2.78. The number of nitrogens with one attached hydrogen (secondary N) is 2. The first kappa shape index (κ1) is 14.6. The standard InChI is InChI=1S/C11H12FN3O4/c1-13-10(16)4-5-14-11(17)8-6-7(12)2-3-9(8)15(18)19/h2-3,6H,4-5H2,1H3,(H,13,16)(H,14,17). The molecule has 0 heterocycles. The first-order chi connectivity index (χ1) is 8.95. The minimum atomic E-state index is -0.796. The lowest BCUT2D eigenvalue weighted by Gasteiger charge is -2.05. The van der Waals surface area contributed by atoms with Crippen molar-refractivity contribution in [2.24, 2.45) is 0 Å². The summed E-state index contributed by atoms with van der Waals surface area (Å²) in [7, 11) is 1.45. The highest BCUT2D eigenvalue weighted by Crippen LogP contribution is 2.19. The number of amides is 2. The molecule has 102 valence electrons. The monoisotopic (exact) mass is 269 g/mol. The van der Waals surface area contributed by atoms with Gasteiger partial charge in [0.25, 0.3) is 11.6 Å². The molecule has 19 heavy (non-hydrogen) atoms. The van der Waals surface area contributed by atoms with Gasteiger partial charge in [-0.05, 0) is 12.1 Å². The second-order valence-electron chi connectivity index (χ2n) is 3.60. The molecular weight excluding hydrogens is 257 g/mol. The Morgan fingerprint density at radius 3 is 2.68 bits per heavy atom. The molecular formula is C11H12FN3O4. The van der Waals surface area contributed by atoms with Gasteiger partial charge in [-0.25, -0.2) is 4.39 Å². The zero-order chi connectivity index (χ0) is 14.4. The van der Waals surface area contributed by atoms with Crippen LogP contribution in [0.1, 0.15) is 16.8 Å². The quantitative estimate of drug-likeness (QED) is 0.603. The molecule has 0 aliphatic heterocycles. The molecule has 0 aromatic heterocycles. The van der Waals surface area contributed by atoms with E-state index < -0.39 is 22.3 Å². The molecule has 1 rings (SSSR count). The average Bonchev–Trinajstić information content (AvgIpc) is 2.37. The first-order valence-corrected chi connectivity index (χ1v) is 5.38. The van der Waals surface area contributed by atoms with E-state index in [1.54, 1.807) is 0 Å². The number of nitro groups is 1. The lowest BCUT2D eigenvalue weighted by molar-refractivity contribution is -0.385. The summed E-state index contributed by atoms with van der Waals surface area (Å²) in [4.78, 5) is 32.5. The molecule has 2 N–H and O–H groups in total. The third kappa shape index (κ3) is 4.02. The molecule has 0 radical (unpaired) electrons. The highest BCUT2D eigenvalue weighted by molar-refractivity contribution is 5.98. The van der Waals surface area contributed by atoms with Crippen LogP contribution >= 0.6 is 0 Å². The number of hydrogen-bond acceptors (Lipinski definition) is 4. The van der Waals surface area contributed by atoms with Crippen molar-refractivity contribution in [3.05, 3.63) is 39.7 Å². The van der Waals surface area contributed by atoms with Gasteiger partial charge in [0.1, 0.15) is 11.4 Å². The predicted octanol–water partition coefficient (Wildman–Crippen LogP) is 0.600. The summed E-state index contributed by atoms with van der Waals surface area (Å²) in [5, 5.41) is 15.4. The van der Waals surface area contributed by atoms with Gasteiger partial charge in [0.05, 0.1) is 4.92 Å². The lowest BCUT2D eigenvalue weighted by atomic mass is 10.1. The number of nitro benzene ring substituents is 1. The minimum absolute atomic E-state index is 0.00613. The van der Waals surface area contributed by atoms with Crippen LogP contribution < -0.4 is 10.6 Å². The third-order valence-corrected chi connectivity index (χ3v) is 2.32. The average molecular weight is 269 g/mol. The summed E-state index contributed by atoms with van der Waals surface area (Å²) in [6.07, 6.45) is 0.0331. The normalized spacial score (nSPS) is 9.79. The fourth-order valence-corrected chi connectivity index (χ4v) is 1.36. The number of hydrogen-bond donors (Lipinski definition) is 2. The fourth-order valence-electron chi connectivity index (χ4n) is 1.36. The molecule has 0 aliphatic rings. The van der Waals surface area contributed by atoms with Crippen molar-refractivity contribution in [3.63, 3.8) is 0 Å². The van der Waals surface area contributed by atoms with Crippen molar-refractivity contribution in [1.82, 2.24) is 10.6 Å². The van der Waals surface area contributed by atoms with Gasteiger partial charge in [0.15, 0.2) is 0 Å². The van der Waals surface area contributed by atoms with Gasteiger partial charge in [-0.1, -0.05) is 0 Å². The third-order valence-electron chi connectivity index (χ3n) is 2.32. The Labute approximate surface area is 107 Å². The van der Waals surface area contributed by atoms with Crippen LogP contribution in [0.3, 0.4) is 0 Å². The van der Waals surface area contributed by atoms with Crippen LogP contribution in [0.15, 0.2) is 18.2 Å². The molecule has 0 unspecified atom stereocenters. The second-order valence-corrected chi connectivity index (χ2v) is 3.60. The first-order valence-electron chi connectivity index (χ1n) is 5.38. The van der Waals surface area contributed by atoms with Crippen LogP contribution in [0, 0.1) is 15.9 Å². The molecule has 0 atom stereocenters. The molecule has 0 saturated heterocycles. The number of halogens is 1. The predicted molar refractivity (Wildman–Crippen MR) is 64.1 cm³/mol. The van der Waals surface area contributed by atoms with E-state index in [0.29, 0.717) is 0 Å². The zero-order valence-electron chi connectivity index (χ0n) is 10.1. The molecule has 0 fully saturated rings. The van der Waals surface area contributed by atoms with Crippen LogP contribution in [-0.4, -0.2) is 30.3 Å². The van der Waals surface area contributed by atoms with Crippen LogP contribution in [-0.2, 0) is 4.79 Å². The van der Waals surface area contributed by atoms with E-state index in [-0.39, 0.29) is 24.4 Å². The Morgan fingerprint density at radius 2 is 2.11 bits per heavy atom. The molecule has 0 saturated carbocycles. The SMILES string of the molecule is CNC(=O)CCNC(=O)c1cc(F)ccc1[N+](=O)[O-]. The van der Waals surface area contributed by atoms with E-state index in [4.69, 9.17) is 0 Å². The summed E-state index contributed by atoms with van der Waals surface area (Å²) < 4.78 is 13.0. The number of nitrogens with zero attached hydrogens (tertiary/aromatic N) is 1. The van der Waals surface area contributed by atoms with Crippen molar-refractivity contribution in [1.29, 1.82) is 0 Å². The smallest absolute Gasteiger partial charge is 0.282 e. The Kier molecular flexibility index (Phi) is 4.92. The van der Waals surface area contributed by atoms with E-state index in [9.17, 15) is 24.1 Å². The fraction of sp³-hybridized carbons (Fsp3) is 0.273. The van der Waals surface area contributed by atoms with E-state index in [1.807, 2.05) is 0 Å². The van der Waals surface area contributed by atoms with E-state index in [2.05, 4.69) is 10.6 Å². The number of carbonyl (C=O) groups is 2. The summed E-state index contributed by atoms with van der Waals surface area (Å²) in [6.45, 7) is 0.00613. The molecule has 8 heteroatoms. The number of benzene rings is 1. The topological polar surface area (TPSA) is 101 Å². The van der Waals surface area contributed by atoms with Crippen LogP contribution in [0.5, 0.6) is 0 Å². The highest BCUT2D eigenvalue weighted by Gasteiger charge is 2.20. The maximum absolute atomic E-state index is 13.0. The Hall–Kier alpha value is -2.51. The summed E-state index contributed by atoms with van der Waals surface area (Å²) in [6, 6.07) is 2.61. The van der Waals surface area contributed by atoms with Crippen LogP contribution in [0.4, 0.5) is 10.1 Å². The van der Waals surface area contributed by atoms with Gasteiger partial charge < -0.3 is 10.6 Å². The lowest BCUT2D eigenvalue weighted by Crippen LogP contribution is -2.29. The van der Waals surface area contributed by atoms with Crippen molar-refractivity contribution in [3.8, 4) is 0 Å². The largest absolute Gasteiger partial charge is 0.359 e. The summed E-state index contributed by atoms with van der Waals surface area (Å²) in [5.74, 6) is -1.83. The number of rotatable bonds is 5. The molecule has 1 aromatic rings. The van der Waals surface area contributed by atoms with Gasteiger partial charge >= 0.3 is 0 Å². The molecule has 0 spiro atoms. The number of carbonyl (C=O) groups excluding carboxylic acids is 2. The molecule has 7 nitrogen and oxygen atoms in total. The van der Waals surface area contributed by atoms with Crippen molar-refractivity contribution in [2.45, 2.75) is 6.42 Å². The highest BCUT2D eigenvalue weighted by atomic mass is 19.1. The van der Waals surface area contributed by atoms with Crippen molar-refractivity contribution < 1.29 is 18.9 Å². The zero-order valence-corrected chi connectivity index (χ0v) is 10.1.